The van der Waals surface area contributed by atoms with E-state index in [0.29, 0.717) is 24.4 Å². The summed E-state index contributed by atoms with van der Waals surface area (Å²) in [6.45, 7) is 2.37. The minimum Gasteiger partial charge on any atom is -0.362 e. The van der Waals surface area contributed by atoms with Crippen LogP contribution in [0.2, 0.25) is 0 Å². The molecule has 0 spiro atoms. The molecule has 0 unspecified atom stereocenters. The lowest BCUT2D eigenvalue weighted by Gasteiger charge is -2.29. The van der Waals surface area contributed by atoms with Crippen molar-refractivity contribution >= 4 is 15.8 Å². The number of nitrogens with zero attached hydrogens (tertiary/aromatic N) is 5. The highest BCUT2D eigenvalue weighted by molar-refractivity contribution is 7.89. The molecule has 130 valence electrons. The number of nitriles is 1. The van der Waals surface area contributed by atoms with Gasteiger partial charge in [-0.05, 0) is 31.5 Å². The van der Waals surface area contributed by atoms with E-state index in [9.17, 15) is 8.42 Å². The van der Waals surface area contributed by atoms with Crippen LogP contribution in [0, 0.1) is 18.3 Å². The Bertz CT molecular complexity index is 963. The monoisotopic (exact) mass is 357 g/mol. The highest BCUT2D eigenvalue weighted by Crippen LogP contribution is 2.28. The maximum atomic E-state index is 12.9. The molecule has 7 nitrogen and oxygen atoms in total. The molecule has 0 saturated carbocycles. The van der Waals surface area contributed by atoms with Gasteiger partial charge in [0.15, 0.2) is 0 Å². The number of hydrogen-bond donors (Lipinski definition) is 0. The molecule has 25 heavy (non-hydrogen) atoms. The highest BCUT2D eigenvalue weighted by Gasteiger charge is 2.31. The Kier molecular flexibility index (Phi) is 4.45. The van der Waals surface area contributed by atoms with E-state index in [0.717, 1.165) is 17.1 Å². The lowest BCUT2D eigenvalue weighted by molar-refractivity contribution is 0.384. The molecule has 0 saturated heterocycles. The van der Waals surface area contributed by atoms with Crippen molar-refractivity contribution in [2.75, 3.05) is 25.5 Å². The Labute approximate surface area is 147 Å². The predicted molar refractivity (Wildman–Crippen MR) is 93.6 cm³/mol. The summed E-state index contributed by atoms with van der Waals surface area (Å²) in [5.41, 5.74) is 2.06. The van der Waals surface area contributed by atoms with Crippen molar-refractivity contribution in [1.29, 1.82) is 5.26 Å². The highest BCUT2D eigenvalue weighted by atomic mass is 32.2. The fraction of sp³-hybridized carbons (Fsp3) is 0.353. The third kappa shape index (κ3) is 3.21. The van der Waals surface area contributed by atoms with Crippen molar-refractivity contribution in [3.8, 4) is 6.07 Å². The Morgan fingerprint density at radius 3 is 2.72 bits per heavy atom. The van der Waals surface area contributed by atoms with E-state index < -0.39 is 10.0 Å². The van der Waals surface area contributed by atoms with Crippen LogP contribution in [0.5, 0.6) is 0 Å². The van der Waals surface area contributed by atoms with Crippen LogP contribution in [0.4, 0.5) is 5.82 Å². The molecule has 1 aromatic heterocycles. The molecule has 1 aromatic carbocycles. The molecule has 0 atom stereocenters. The third-order valence-electron chi connectivity index (χ3n) is 4.14. The predicted octanol–water partition coefficient (Wildman–Crippen LogP) is 1.47. The second-order valence-electron chi connectivity index (χ2n) is 6.14. The van der Waals surface area contributed by atoms with Gasteiger partial charge in [0, 0.05) is 26.2 Å². The Morgan fingerprint density at radius 1 is 1.28 bits per heavy atom. The van der Waals surface area contributed by atoms with Crippen LogP contribution in [0.25, 0.3) is 0 Å². The first-order valence-electron chi connectivity index (χ1n) is 7.87. The summed E-state index contributed by atoms with van der Waals surface area (Å²) in [6, 6.07) is 8.07. The van der Waals surface area contributed by atoms with Gasteiger partial charge in [-0.3, -0.25) is 0 Å². The summed E-state index contributed by atoms with van der Waals surface area (Å²) in [5, 5.41) is 9.00. The molecule has 0 amide bonds. The number of aromatic nitrogens is 2. The number of aryl methyl sites for hydroxylation is 1. The zero-order valence-electron chi connectivity index (χ0n) is 14.4. The van der Waals surface area contributed by atoms with Gasteiger partial charge < -0.3 is 4.90 Å². The Balaban J connectivity index is 1.98. The minimum absolute atomic E-state index is 0.133. The van der Waals surface area contributed by atoms with Gasteiger partial charge >= 0.3 is 0 Å². The molecule has 1 aliphatic rings. The molecule has 0 fully saturated rings. The van der Waals surface area contributed by atoms with Crippen molar-refractivity contribution in [3.05, 3.63) is 46.9 Å². The number of hydrogen-bond acceptors (Lipinski definition) is 6. The zero-order chi connectivity index (χ0) is 18.2. The van der Waals surface area contributed by atoms with Crippen molar-refractivity contribution in [3.63, 3.8) is 0 Å². The van der Waals surface area contributed by atoms with Gasteiger partial charge in [0.05, 0.1) is 28.8 Å². The van der Waals surface area contributed by atoms with Crippen LogP contribution in [-0.4, -0.2) is 43.3 Å². The molecule has 3 rings (SSSR count). The van der Waals surface area contributed by atoms with Crippen molar-refractivity contribution in [2.45, 2.75) is 24.8 Å². The summed E-state index contributed by atoms with van der Waals surface area (Å²) >= 11 is 0. The Hall–Kier alpha value is -2.50. The van der Waals surface area contributed by atoms with Crippen LogP contribution in [0.1, 0.15) is 22.6 Å². The summed E-state index contributed by atoms with van der Waals surface area (Å²) in [7, 11) is 0.155. The number of sulfonamides is 1. The third-order valence-corrected chi connectivity index (χ3v) is 5.99. The average molecular weight is 357 g/mol. The number of anilines is 1. The SMILES string of the molecule is Cc1nc2c(c(N(C)C)n1)CCN(S(=O)(=O)c1cccc(C#N)c1)C2. The second kappa shape index (κ2) is 6.43. The average Bonchev–Trinajstić information content (AvgIpc) is 2.60. The largest absolute Gasteiger partial charge is 0.362 e. The van der Waals surface area contributed by atoms with Crippen LogP contribution >= 0.6 is 0 Å². The molecular weight excluding hydrogens is 338 g/mol. The molecule has 0 N–H and O–H groups in total. The van der Waals surface area contributed by atoms with Crippen molar-refractivity contribution in [1.82, 2.24) is 14.3 Å². The maximum absolute atomic E-state index is 12.9. The van der Waals surface area contributed by atoms with Gasteiger partial charge in [0.1, 0.15) is 11.6 Å². The van der Waals surface area contributed by atoms with Crippen LogP contribution in [0.15, 0.2) is 29.2 Å². The van der Waals surface area contributed by atoms with Gasteiger partial charge in [-0.2, -0.15) is 9.57 Å². The second-order valence-corrected chi connectivity index (χ2v) is 8.08. The lowest BCUT2D eigenvalue weighted by Crippen LogP contribution is -2.37. The standard InChI is InChI=1S/C17H19N5O2S/c1-12-19-16-11-22(8-7-15(16)17(20-12)21(2)3)25(23,24)14-6-4-5-13(9-14)10-18/h4-6,9H,7-8,11H2,1-3H3. The lowest BCUT2D eigenvalue weighted by atomic mass is 10.1. The minimum atomic E-state index is -3.68. The van der Waals surface area contributed by atoms with Gasteiger partial charge in [-0.25, -0.2) is 18.4 Å². The quantitative estimate of drug-likeness (QED) is 0.826. The molecule has 8 heteroatoms. The molecule has 0 aliphatic carbocycles. The van der Waals surface area contributed by atoms with E-state index in [1.807, 2.05) is 25.1 Å². The van der Waals surface area contributed by atoms with Gasteiger partial charge in [-0.1, -0.05) is 6.07 Å². The topological polar surface area (TPSA) is 90.2 Å². The first kappa shape index (κ1) is 17.3. The van der Waals surface area contributed by atoms with Gasteiger partial charge in [-0.15, -0.1) is 0 Å². The molecule has 0 bridgehead atoms. The smallest absolute Gasteiger partial charge is 0.243 e. The fourth-order valence-electron chi connectivity index (χ4n) is 2.96. The first-order valence-corrected chi connectivity index (χ1v) is 9.31. The Morgan fingerprint density at radius 2 is 2.04 bits per heavy atom. The number of benzene rings is 1. The van der Waals surface area contributed by atoms with E-state index in [2.05, 4.69) is 9.97 Å². The molecular formula is C17H19N5O2S. The molecule has 0 radical (unpaired) electrons. The van der Waals surface area contributed by atoms with Crippen molar-refractivity contribution in [2.24, 2.45) is 0 Å². The molecule has 2 heterocycles. The molecule has 2 aromatic rings. The van der Waals surface area contributed by atoms with Crippen LogP contribution in [0.3, 0.4) is 0 Å². The van der Waals surface area contributed by atoms with Crippen molar-refractivity contribution < 1.29 is 8.42 Å². The first-order chi connectivity index (χ1) is 11.8. The van der Waals surface area contributed by atoms with E-state index in [-0.39, 0.29) is 11.4 Å². The van der Waals surface area contributed by atoms with E-state index in [1.165, 1.54) is 16.4 Å². The zero-order valence-corrected chi connectivity index (χ0v) is 15.2. The number of rotatable bonds is 3. The summed E-state index contributed by atoms with van der Waals surface area (Å²) in [6.07, 6.45) is 0.556. The number of fused-ring (bicyclic) bond motifs is 1. The van der Waals surface area contributed by atoms with Crippen LogP contribution in [-0.2, 0) is 23.0 Å². The van der Waals surface area contributed by atoms with E-state index in [4.69, 9.17) is 5.26 Å². The summed E-state index contributed by atoms with van der Waals surface area (Å²) in [4.78, 5) is 11.0. The summed E-state index contributed by atoms with van der Waals surface area (Å²) in [5.74, 6) is 1.46. The van der Waals surface area contributed by atoms with Gasteiger partial charge in [0.2, 0.25) is 10.0 Å². The van der Waals surface area contributed by atoms with E-state index >= 15 is 0 Å². The van der Waals surface area contributed by atoms with Gasteiger partial charge in [0.25, 0.3) is 0 Å². The van der Waals surface area contributed by atoms with E-state index in [1.54, 1.807) is 19.1 Å². The summed E-state index contributed by atoms with van der Waals surface area (Å²) < 4.78 is 27.3. The molecule has 1 aliphatic heterocycles. The fourth-order valence-corrected chi connectivity index (χ4v) is 4.41. The van der Waals surface area contributed by atoms with Crippen LogP contribution < -0.4 is 4.90 Å². The normalized spacial score (nSPS) is 14.6. The maximum Gasteiger partial charge on any atom is 0.243 e.